The quantitative estimate of drug-likeness (QED) is 0.660. The van der Waals surface area contributed by atoms with E-state index >= 15 is 0 Å². The van der Waals surface area contributed by atoms with Gasteiger partial charge in [0, 0.05) is 5.38 Å². The second-order valence-corrected chi connectivity index (χ2v) is 4.33. The zero-order valence-electron chi connectivity index (χ0n) is 9.29. The monoisotopic (exact) mass is 282 g/mol. The lowest BCUT2D eigenvalue weighted by atomic mass is 10.2. The van der Waals surface area contributed by atoms with Gasteiger partial charge in [0.25, 0.3) is 11.6 Å². The van der Waals surface area contributed by atoms with Crippen molar-refractivity contribution in [2.75, 3.05) is 11.1 Å². The van der Waals surface area contributed by atoms with E-state index in [-0.39, 0.29) is 16.5 Å². The molecule has 1 aromatic carbocycles. The Morgan fingerprint density at radius 1 is 1.53 bits per heavy atom. The van der Waals surface area contributed by atoms with E-state index in [9.17, 15) is 19.3 Å². The van der Waals surface area contributed by atoms with Crippen LogP contribution in [0.4, 0.5) is 20.9 Å². The lowest BCUT2D eigenvalue weighted by Gasteiger charge is -2.04. The van der Waals surface area contributed by atoms with E-state index in [4.69, 9.17) is 5.73 Å². The SMILES string of the molecule is Nc1nc(C(=O)Nc2ccc(F)cc2[N+](=O)[O-])cs1. The highest BCUT2D eigenvalue weighted by Crippen LogP contribution is 2.25. The maximum absolute atomic E-state index is 12.9. The Morgan fingerprint density at radius 2 is 2.26 bits per heavy atom. The number of amides is 1. The van der Waals surface area contributed by atoms with Crippen LogP contribution in [0.1, 0.15) is 10.5 Å². The lowest BCUT2D eigenvalue weighted by Crippen LogP contribution is -2.13. The Kier molecular flexibility index (Phi) is 3.38. The minimum Gasteiger partial charge on any atom is -0.375 e. The number of nitro benzene ring substituents is 1. The Labute approximate surface area is 110 Å². The van der Waals surface area contributed by atoms with Crippen molar-refractivity contribution < 1.29 is 14.1 Å². The molecule has 1 heterocycles. The van der Waals surface area contributed by atoms with Crippen LogP contribution in [0.25, 0.3) is 0 Å². The number of rotatable bonds is 3. The van der Waals surface area contributed by atoms with Crippen molar-refractivity contribution in [2.24, 2.45) is 0 Å². The molecule has 98 valence electrons. The molecular formula is C10H7FN4O3S. The lowest BCUT2D eigenvalue weighted by molar-refractivity contribution is -0.384. The molecule has 2 aromatic rings. The molecule has 0 bridgehead atoms. The molecule has 0 atom stereocenters. The summed E-state index contributed by atoms with van der Waals surface area (Å²) in [6.07, 6.45) is 0. The first-order valence-corrected chi connectivity index (χ1v) is 5.81. The molecule has 0 saturated heterocycles. The van der Waals surface area contributed by atoms with Gasteiger partial charge in [-0.05, 0) is 12.1 Å². The minimum atomic E-state index is -0.784. The highest BCUT2D eigenvalue weighted by atomic mass is 32.1. The van der Waals surface area contributed by atoms with Gasteiger partial charge in [-0.2, -0.15) is 0 Å². The third-order valence-electron chi connectivity index (χ3n) is 2.16. The number of halogens is 1. The Morgan fingerprint density at radius 3 is 2.84 bits per heavy atom. The molecule has 9 heteroatoms. The molecular weight excluding hydrogens is 275 g/mol. The van der Waals surface area contributed by atoms with E-state index in [2.05, 4.69) is 10.3 Å². The summed E-state index contributed by atoms with van der Waals surface area (Å²) in [6, 6.07) is 2.85. The Hall–Kier alpha value is -2.55. The van der Waals surface area contributed by atoms with Crippen LogP contribution in [0.15, 0.2) is 23.6 Å². The first kappa shape index (κ1) is 12.9. The molecule has 19 heavy (non-hydrogen) atoms. The van der Waals surface area contributed by atoms with Crippen LogP contribution >= 0.6 is 11.3 Å². The van der Waals surface area contributed by atoms with Crippen LogP contribution < -0.4 is 11.1 Å². The molecule has 0 unspecified atom stereocenters. The molecule has 0 aliphatic heterocycles. The summed E-state index contributed by atoms with van der Waals surface area (Å²) in [6.45, 7) is 0. The van der Waals surface area contributed by atoms with E-state index in [1.807, 2.05) is 0 Å². The van der Waals surface area contributed by atoms with E-state index < -0.39 is 22.3 Å². The minimum absolute atomic E-state index is 0.0427. The molecule has 1 aromatic heterocycles. The summed E-state index contributed by atoms with van der Waals surface area (Å²) in [7, 11) is 0. The maximum Gasteiger partial charge on any atom is 0.295 e. The van der Waals surface area contributed by atoms with Crippen LogP contribution in [-0.2, 0) is 0 Å². The van der Waals surface area contributed by atoms with Gasteiger partial charge >= 0.3 is 0 Å². The van der Waals surface area contributed by atoms with E-state index in [0.29, 0.717) is 0 Å². The smallest absolute Gasteiger partial charge is 0.295 e. The fourth-order valence-corrected chi connectivity index (χ4v) is 1.88. The summed E-state index contributed by atoms with van der Waals surface area (Å²) in [5.41, 5.74) is 4.78. The topological polar surface area (TPSA) is 111 Å². The molecule has 0 spiro atoms. The molecule has 0 fully saturated rings. The Balaban J connectivity index is 2.28. The number of aromatic nitrogens is 1. The first-order valence-electron chi connectivity index (χ1n) is 4.93. The number of nitrogens with zero attached hydrogens (tertiary/aromatic N) is 2. The number of hydrogen-bond donors (Lipinski definition) is 2. The standard InChI is InChI=1S/C10H7FN4O3S/c11-5-1-2-6(8(3-5)15(17)18)13-9(16)7-4-19-10(12)14-7/h1-4H,(H2,12,14)(H,13,16). The van der Waals surface area contributed by atoms with E-state index in [1.54, 1.807) is 0 Å². The van der Waals surface area contributed by atoms with Crippen molar-refractivity contribution in [2.45, 2.75) is 0 Å². The third kappa shape index (κ3) is 2.83. The van der Waals surface area contributed by atoms with Crippen LogP contribution in [-0.4, -0.2) is 15.8 Å². The summed E-state index contributed by atoms with van der Waals surface area (Å²) in [5, 5.41) is 14.7. The number of carbonyl (C=O) groups is 1. The average Bonchev–Trinajstić information content (AvgIpc) is 2.78. The summed E-state index contributed by atoms with van der Waals surface area (Å²) in [4.78, 5) is 25.5. The molecule has 3 N–H and O–H groups in total. The fourth-order valence-electron chi connectivity index (χ4n) is 1.34. The number of nitrogens with one attached hydrogen (secondary N) is 1. The van der Waals surface area contributed by atoms with Crippen LogP contribution in [0, 0.1) is 15.9 Å². The second-order valence-electron chi connectivity index (χ2n) is 3.44. The van der Waals surface area contributed by atoms with Gasteiger partial charge in [-0.3, -0.25) is 14.9 Å². The molecule has 0 radical (unpaired) electrons. The van der Waals surface area contributed by atoms with Gasteiger partial charge in [0.1, 0.15) is 17.2 Å². The second kappa shape index (κ2) is 4.98. The van der Waals surface area contributed by atoms with Crippen LogP contribution in [0.5, 0.6) is 0 Å². The number of benzene rings is 1. The molecule has 0 aliphatic carbocycles. The molecule has 7 nitrogen and oxygen atoms in total. The third-order valence-corrected chi connectivity index (χ3v) is 2.83. The normalized spacial score (nSPS) is 10.2. The highest BCUT2D eigenvalue weighted by molar-refractivity contribution is 7.13. The van der Waals surface area contributed by atoms with Gasteiger partial charge in [0.05, 0.1) is 11.0 Å². The number of anilines is 2. The molecule has 2 rings (SSSR count). The summed E-state index contributed by atoms with van der Waals surface area (Å²) in [5.74, 6) is -1.41. The zero-order valence-corrected chi connectivity index (χ0v) is 10.1. The molecule has 1 amide bonds. The number of carbonyl (C=O) groups excluding carboxylic acids is 1. The van der Waals surface area contributed by atoms with Gasteiger partial charge in [0.2, 0.25) is 0 Å². The first-order chi connectivity index (χ1) is 8.97. The van der Waals surface area contributed by atoms with E-state index in [1.165, 1.54) is 5.38 Å². The van der Waals surface area contributed by atoms with Crippen molar-refractivity contribution >= 4 is 33.8 Å². The van der Waals surface area contributed by atoms with Crippen molar-refractivity contribution in [1.29, 1.82) is 0 Å². The maximum atomic E-state index is 12.9. The van der Waals surface area contributed by atoms with Gasteiger partial charge in [-0.1, -0.05) is 0 Å². The molecule has 0 aliphatic rings. The van der Waals surface area contributed by atoms with Crippen molar-refractivity contribution in [3.8, 4) is 0 Å². The fraction of sp³-hybridized carbons (Fsp3) is 0. The number of nitrogens with two attached hydrogens (primary N) is 1. The predicted molar refractivity (Wildman–Crippen MR) is 67.5 cm³/mol. The van der Waals surface area contributed by atoms with Crippen molar-refractivity contribution in [3.63, 3.8) is 0 Å². The number of hydrogen-bond acceptors (Lipinski definition) is 6. The van der Waals surface area contributed by atoms with Gasteiger partial charge < -0.3 is 11.1 Å². The van der Waals surface area contributed by atoms with Crippen LogP contribution in [0.3, 0.4) is 0 Å². The van der Waals surface area contributed by atoms with Crippen molar-refractivity contribution in [3.05, 3.63) is 45.2 Å². The summed E-state index contributed by atoms with van der Waals surface area (Å²) < 4.78 is 12.9. The Bertz CT molecular complexity index is 658. The number of nitrogen functional groups attached to an aromatic ring is 1. The van der Waals surface area contributed by atoms with Crippen molar-refractivity contribution in [1.82, 2.24) is 4.98 Å². The van der Waals surface area contributed by atoms with Gasteiger partial charge in [-0.15, -0.1) is 11.3 Å². The number of thiazole rings is 1. The van der Waals surface area contributed by atoms with Crippen LogP contribution in [0.2, 0.25) is 0 Å². The predicted octanol–water partition coefficient (Wildman–Crippen LogP) is 2.02. The van der Waals surface area contributed by atoms with Gasteiger partial charge in [0.15, 0.2) is 5.13 Å². The van der Waals surface area contributed by atoms with Gasteiger partial charge in [-0.25, -0.2) is 9.37 Å². The molecule has 0 saturated carbocycles. The summed E-state index contributed by atoms with van der Waals surface area (Å²) >= 11 is 1.07. The van der Waals surface area contributed by atoms with E-state index in [0.717, 1.165) is 29.5 Å². The highest BCUT2D eigenvalue weighted by Gasteiger charge is 2.18. The average molecular weight is 282 g/mol. The number of nitro groups is 1. The zero-order chi connectivity index (χ0) is 14.0. The largest absolute Gasteiger partial charge is 0.375 e.